The molecule has 0 amide bonds. The summed E-state index contributed by atoms with van der Waals surface area (Å²) in [6.07, 6.45) is 0.319. The molecular formula is C25H21FN2O2S. The smallest absolute Gasteiger partial charge is 0.209 e. The Morgan fingerprint density at radius 3 is 2.61 bits per heavy atom. The molecule has 0 radical (unpaired) electrons. The number of hydrogen-bond donors (Lipinski definition) is 1. The van der Waals surface area contributed by atoms with Crippen LogP contribution in [0.4, 0.5) is 10.1 Å². The highest BCUT2D eigenvalue weighted by Gasteiger charge is 2.38. The van der Waals surface area contributed by atoms with Crippen LogP contribution in [0.15, 0.2) is 78.2 Å². The lowest BCUT2D eigenvalue weighted by Crippen LogP contribution is -2.49. The molecule has 2 aliphatic heterocycles. The Bertz CT molecular complexity index is 1210. The van der Waals surface area contributed by atoms with Gasteiger partial charge in [-0.3, -0.25) is 4.90 Å². The number of rotatable bonds is 3. The summed E-state index contributed by atoms with van der Waals surface area (Å²) in [4.78, 5) is 2.68. The number of aryl methyl sites for hydroxylation is 1. The van der Waals surface area contributed by atoms with Crippen molar-refractivity contribution in [1.29, 1.82) is 0 Å². The maximum Gasteiger partial charge on any atom is 0.209 e. The Morgan fingerprint density at radius 1 is 1.10 bits per heavy atom. The molecule has 6 heteroatoms. The van der Waals surface area contributed by atoms with Crippen molar-refractivity contribution in [2.75, 3.05) is 12.0 Å². The lowest BCUT2D eigenvalue weighted by atomic mass is 9.97. The molecule has 2 heterocycles. The average Bonchev–Trinajstić information content (AvgIpc) is 2.78. The number of benzene rings is 3. The van der Waals surface area contributed by atoms with Gasteiger partial charge in [-0.25, -0.2) is 4.39 Å². The van der Waals surface area contributed by atoms with Gasteiger partial charge < -0.3 is 14.8 Å². The number of halogens is 1. The fourth-order valence-electron chi connectivity index (χ4n) is 4.11. The zero-order valence-electron chi connectivity index (χ0n) is 17.2. The van der Waals surface area contributed by atoms with E-state index in [-0.39, 0.29) is 12.0 Å². The number of para-hydroxylation sites is 1. The summed E-state index contributed by atoms with van der Waals surface area (Å²) in [5, 5.41) is 3.48. The summed E-state index contributed by atoms with van der Waals surface area (Å²) in [6, 6.07) is 20.5. The molecule has 3 aromatic carbocycles. The molecule has 0 fully saturated rings. The molecule has 2 aliphatic rings. The molecular weight excluding hydrogens is 411 g/mol. The molecule has 5 rings (SSSR count). The van der Waals surface area contributed by atoms with Gasteiger partial charge in [0, 0.05) is 17.7 Å². The number of nitrogens with zero attached hydrogens (tertiary/aromatic N) is 1. The van der Waals surface area contributed by atoms with E-state index in [0.717, 1.165) is 28.0 Å². The Morgan fingerprint density at radius 2 is 1.87 bits per heavy atom. The monoisotopic (exact) mass is 432 g/mol. The second-order valence-electron chi connectivity index (χ2n) is 7.65. The molecule has 0 aromatic heterocycles. The van der Waals surface area contributed by atoms with E-state index in [1.165, 1.54) is 12.1 Å². The minimum absolute atomic E-state index is 0.290. The third-order valence-electron chi connectivity index (χ3n) is 5.59. The van der Waals surface area contributed by atoms with Crippen molar-refractivity contribution >= 4 is 22.9 Å². The van der Waals surface area contributed by atoms with Crippen molar-refractivity contribution in [3.63, 3.8) is 0 Å². The van der Waals surface area contributed by atoms with Crippen LogP contribution in [0.2, 0.25) is 0 Å². The van der Waals surface area contributed by atoms with Gasteiger partial charge in [-0.15, -0.1) is 0 Å². The molecule has 0 aliphatic carbocycles. The van der Waals surface area contributed by atoms with E-state index in [1.807, 2.05) is 35.2 Å². The summed E-state index contributed by atoms with van der Waals surface area (Å²) in [5.41, 5.74) is 4.88. The Balaban J connectivity index is 1.68. The summed E-state index contributed by atoms with van der Waals surface area (Å²) in [7, 11) is 1.63. The van der Waals surface area contributed by atoms with E-state index in [0.29, 0.717) is 28.8 Å². The highest BCUT2D eigenvalue weighted by molar-refractivity contribution is 7.80. The molecule has 31 heavy (non-hydrogen) atoms. The summed E-state index contributed by atoms with van der Waals surface area (Å²) in [5.74, 6) is 1.70. The summed E-state index contributed by atoms with van der Waals surface area (Å²) in [6.45, 7) is 2.05. The highest BCUT2D eigenvalue weighted by Crippen LogP contribution is 2.44. The van der Waals surface area contributed by atoms with Crippen LogP contribution >= 0.6 is 12.2 Å². The number of methoxy groups -OCH3 is 1. The Labute approximate surface area is 185 Å². The molecule has 1 atom stereocenters. The van der Waals surface area contributed by atoms with Crippen LogP contribution in [0.3, 0.4) is 0 Å². The quantitative estimate of drug-likeness (QED) is 0.559. The van der Waals surface area contributed by atoms with Gasteiger partial charge in [-0.1, -0.05) is 54.2 Å². The molecule has 0 unspecified atom stereocenters. The van der Waals surface area contributed by atoms with Gasteiger partial charge in [0.05, 0.1) is 12.7 Å². The average molecular weight is 433 g/mol. The third kappa shape index (κ3) is 3.43. The zero-order chi connectivity index (χ0) is 21.5. The molecule has 0 saturated heterocycles. The van der Waals surface area contributed by atoms with Crippen molar-refractivity contribution in [3.8, 4) is 11.5 Å². The minimum atomic E-state index is -0.298. The van der Waals surface area contributed by atoms with Crippen LogP contribution in [0.1, 0.15) is 22.9 Å². The number of ether oxygens (including phenoxy) is 2. The van der Waals surface area contributed by atoms with Crippen LogP contribution in [0.25, 0.3) is 0 Å². The van der Waals surface area contributed by atoms with Gasteiger partial charge in [0.15, 0.2) is 11.5 Å². The molecule has 0 spiro atoms. The maximum absolute atomic E-state index is 13.7. The van der Waals surface area contributed by atoms with Gasteiger partial charge in [0.2, 0.25) is 5.88 Å². The molecule has 0 saturated carbocycles. The standard InChI is InChI=1S/C25H21FN2O2S/c1-15-5-3-7-17(13-15)23-27-24(31)20-14-16-6-4-8-21(29-2)22(16)30-25(20)28(23)19-11-9-18(26)10-12-19/h3-13,23H,14H2,1-2H3,(H,27,31)/t23-/m1/s1. The van der Waals surface area contributed by atoms with Crippen molar-refractivity contribution in [2.24, 2.45) is 0 Å². The van der Waals surface area contributed by atoms with E-state index in [2.05, 4.69) is 24.4 Å². The summed E-state index contributed by atoms with van der Waals surface area (Å²) < 4.78 is 25.7. The van der Waals surface area contributed by atoms with Crippen LogP contribution < -0.4 is 19.7 Å². The topological polar surface area (TPSA) is 33.7 Å². The third-order valence-corrected chi connectivity index (χ3v) is 5.95. The number of anilines is 1. The maximum atomic E-state index is 13.7. The first kappa shape index (κ1) is 19.6. The Hall–Kier alpha value is -3.38. The van der Waals surface area contributed by atoms with Gasteiger partial charge in [-0.05, 0) is 42.8 Å². The fourth-order valence-corrected chi connectivity index (χ4v) is 4.38. The normalized spacial score (nSPS) is 17.5. The first-order valence-corrected chi connectivity index (χ1v) is 10.4. The molecule has 4 nitrogen and oxygen atoms in total. The zero-order valence-corrected chi connectivity index (χ0v) is 18.0. The van der Waals surface area contributed by atoms with Gasteiger partial charge in [0.1, 0.15) is 17.0 Å². The number of nitrogens with one attached hydrogen (secondary N) is 1. The van der Waals surface area contributed by atoms with Crippen LogP contribution in [0.5, 0.6) is 11.5 Å². The predicted octanol–water partition coefficient (Wildman–Crippen LogP) is 5.43. The lowest BCUT2D eigenvalue weighted by Gasteiger charge is -2.43. The predicted molar refractivity (Wildman–Crippen MR) is 123 cm³/mol. The summed E-state index contributed by atoms with van der Waals surface area (Å²) >= 11 is 5.76. The largest absolute Gasteiger partial charge is 0.493 e. The first-order valence-electron chi connectivity index (χ1n) is 10.0. The molecule has 3 aromatic rings. The molecule has 156 valence electrons. The van der Waals surface area contributed by atoms with Crippen LogP contribution in [0, 0.1) is 12.7 Å². The van der Waals surface area contributed by atoms with E-state index in [9.17, 15) is 4.39 Å². The fraction of sp³-hybridized carbons (Fsp3) is 0.160. The van der Waals surface area contributed by atoms with Gasteiger partial charge in [0.25, 0.3) is 0 Å². The number of fused-ring (bicyclic) bond motifs is 1. The van der Waals surface area contributed by atoms with Gasteiger partial charge in [-0.2, -0.15) is 0 Å². The van der Waals surface area contributed by atoms with Crippen LogP contribution in [-0.2, 0) is 6.42 Å². The molecule has 1 N–H and O–H groups in total. The van der Waals surface area contributed by atoms with Gasteiger partial charge >= 0.3 is 0 Å². The van der Waals surface area contributed by atoms with Crippen LogP contribution in [-0.4, -0.2) is 12.1 Å². The highest BCUT2D eigenvalue weighted by atomic mass is 32.1. The second kappa shape index (κ2) is 7.71. The SMILES string of the molecule is COc1cccc2c1OC1=C(C2)C(=S)N[C@@H](c2cccc(C)c2)N1c1ccc(F)cc1. The lowest BCUT2D eigenvalue weighted by molar-refractivity contribution is 0.327. The van der Waals surface area contributed by atoms with Crippen molar-refractivity contribution in [3.05, 3.63) is 101 Å². The number of thiocarbonyl (C=S) groups is 1. The second-order valence-corrected chi connectivity index (χ2v) is 8.06. The van der Waals surface area contributed by atoms with Crippen molar-refractivity contribution in [2.45, 2.75) is 19.5 Å². The van der Waals surface area contributed by atoms with E-state index < -0.39 is 0 Å². The van der Waals surface area contributed by atoms with E-state index in [4.69, 9.17) is 21.7 Å². The first-order chi connectivity index (χ1) is 15.0. The van der Waals surface area contributed by atoms with Crippen molar-refractivity contribution < 1.29 is 13.9 Å². The van der Waals surface area contributed by atoms with E-state index >= 15 is 0 Å². The minimum Gasteiger partial charge on any atom is -0.493 e. The van der Waals surface area contributed by atoms with Crippen molar-refractivity contribution in [1.82, 2.24) is 5.32 Å². The number of hydrogen-bond acceptors (Lipinski definition) is 4. The Kier molecular flexibility index (Phi) is 4.87. The molecule has 0 bridgehead atoms. The van der Waals surface area contributed by atoms with E-state index in [1.54, 1.807) is 19.2 Å².